The van der Waals surface area contributed by atoms with Crippen LogP contribution in [0.1, 0.15) is 27.7 Å². The summed E-state index contributed by atoms with van der Waals surface area (Å²) in [5, 5.41) is 8.76. The number of amides is 1. The Labute approximate surface area is 68.0 Å². The van der Waals surface area contributed by atoms with E-state index in [1.165, 1.54) is 11.8 Å². The van der Waals surface area contributed by atoms with Gasteiger partial charge in [-0.1, -0.05) is 20.8 Å². The Balaban J connectivity index is 3.99. The molecule has 3 nitrogen and oxygen atoms in total. The van der Waals surface area contributed by atoms with Crippen LogP contribution in [0.15, 0.2) is 0 Å². The molecule has 0 aliphatic heterocycles. The van der Waals surface area contributed by atoms with E-state index in [-0.39, 0.29) is 18.1 Å². The Morgan fingerprint density at radius 3 is 2.00 bits per heavy atom. The van der Waals surface area contributed by atoms with Gasteiger partial charge >= 0.3 is 0 Å². The van der Waals surface area contributed by atoms with Gasteiger partial charge < -0.3 is 10.0 Å². The van der Waals surface area contributed by atoms with E-state index in [1.54, 1.807) is 0 Å². The molecule has 0 saturated carbocycles. The monoisotopic (exact) mass is 159 g/mol. The first-order valence-corrected chi connectivity index (χ1v) is 3.73. The maximum absolute atomic E-state index is 10.8. The molecule has 0 atom stereocenters. The van der Waals surface area contributed by atoms with Crippen molar-refractivity contribution in [2.45, 2.75) is 27.7 Å². The van der Waals surface area contributed by atoms with Crippen LogP contribution in [-0.4, -0.2) is 29.2 Å². The molecular formula is C8H17NO2. The fourth-order valence-corrected chi connectivity index (χ4v) is 0.833. The van der Waals surface area contributed by atoms with E-state index in [4.69, 9.17) is 5.11 Å². The van der Waals surface area contributed by atoms with Crippen molar-refractivity contribution in [3.63, 3.8) is 0 Å². The highest BCUT2D eigenvalue weighted by Gasteiger charge is 2.17. The minimum absolute atomic E-state index is 0.0500. The van der Waals surface area contributed by atoms with E-state index in [2.05, 4.69) is 0 Å². The molecule has 0 saturated heterocycles. The van der Waals surface area contributed by atoms with Crippen molar-refractivity contribution in [1.29, 1.82) is 0 Å². The topological polar surface area (TPSA) is 40.5 Å². The SMILES string of the molecule is CC(=O)N(CO)CC(C)(C)C. The average Bonchev–Trinajstić information content (AvgIpc) is 1.80. The van der Waals surface area contributed by atoms with Crippen LogP contribution < -0.4 is 0 Å². The van der Waals surface area contributed by atoms with Crippen LogP contribution in [0, 0.1) is 5.41 Å². The van der Waals surface area contributed by atoms with Gasteiger partial charge in [0.25, 0.3) is 0 Å². The molecule has 0 bridgehead atoms. The lowest BCUT2D eigenvalue weighted by Gasteiger charge is -2.27. The third kappa shape index (κ3) is 4.79. The van der Waals surface area contributed by atoms with Gasteiger partial charge in [0.2, 0.25) is 5.91 Å². The summed E-state index contributed by atoms with van der Waals surface area (Å²) in [5.41, 5.74) is 0.0500. The van der Waals surface area contributed by atoms with Gasteiger partial charge in [-0.25, -0.2) is 0 Å². The molecule has 0 aromatic heterocycles. The average molecular weight is 159 g/mol. The third-order valence-electron chi connectivity index (χ3n) is 1.28. The number of carbonyl (C=O) groups excluding carboxylic acids is 1. The predicted octanol–water partition coefficient (Wildman–Crippen LogP) is 0.831. The number of aliphatic hydroxyl groups is 1. The van der Waals surface area contributed by atoms with E-state index >= 15 is 0 Å². The number of nitrogens with zero attached hydrogens (tertiary/aromatic N) is 1. The molecule has 1 amide bonds. The molecule has 11 heavy (non-hydrogen) atoms. The zero-order valence-corrected chi connectivity index (χ0v) is 7.72. The first kappa shape index (κ1) is 10.4. The Kier molecular flexibility index (Phi) is 3.52. The highest BCUT2D eigenvalue weighted by atomic mass is 16.3. The van der Waals surface area contributed by atoms with Crippen molar-refractivity contribution >= 4 is 5.91 Å². The highest BCUT2D eigenvalue weighted by Crippen LogP contribution is 2.14. The molecule has 3 heteroatoms. The number of hydrogen-bond donors (Lipinski definition) is 1. The molecule has 1 N–H and O–H groups in total. The lowest BCUT2D eigenvalue weighted by molar-refractivity contribution is -0.134. The molecule has 0 heterocycles. The van der Waals surface area contributed by atoms with Crippen molar-refractivity contribution in [1.82, 2.24) is 4.90 Å². The Hall–Kier alpha value is -0.570. The number of hydrogen-bond acceptors (Lipinski definition) is 2. The molecule has 0 unspecified atom stereocenters. The first-order chi connectivity index (χ1) is 4.87. The second-order valence-electron chi connectivity index (χ2n) is 3.92. The normalized spacial score (nSPS) is 11.4. The van der Waals surface area contributed by atoms with E-state index in [1.807, 2.05) is 20.8 Å². The number of aliphatic hydroxyl groups excluding tert-OH is 1. The van der Waals surface area contributed by atoms with Gasteiger partial charge in [-0.3, -0.25) is 4.79 Å². The summed E-state index contributed by atoms with van der Waals surface area (Å²) in [6.07, 6.45) is 0. The third-order valence-corrected chi connectivity index (χ3v) is 1.28. The van der Waals surface area contributed by atoms with E-state index in [0.717, 1.165) is 0 Å². The number of rotatable bonds is 2. The Morgan fingerprint density at radius 2 is 1.91 bits per heavy atom. The molecule has 0 fully saturated rings. The highest BCUT2D eigenvalue weighted by molar-refractivity contribution is 5.73. The fraction of sp³-hybridized carbons (Fsp3) is 0.875. The van der Waals surface area contributed by atoms with Crippen molar-refractivity contribution in [2.75, 3.05) is 13.3 Å². The summed E-state index contributed by atoms with van der Waals surface area (Å²) in [4.78, 5) is 12.2. The minimum Gasteiger partial charge on any atom is -0.376 e. The maximum atomic E-state index is 10.8. The molecule has 0 aliphatic carbocycles. The van der Waals surface area contributed by atoms with Crippen LogP contribution in [0.3, 0.4) is 0 Å². The second kappa shape index (κ2) is 3.72. The molecule has 0 aromatic rings. The van der Waals surface area contributed by atoms with Crippen molar-refractivity contribution in [3.8, 4) is 0 Å². The Morgan fingerprint density at radius 1 is 1.45 bits per heavy atom. The lowest BCUT2D eigenvalue weighted by Crippen LogP contribution is -2.36. The number of carbonyl (C=O) groups is 1. The van der Waals surface area contributed by atoms with Crippen molar-refractivity contribution in [2.24, 2.45) is 5.41 Å². The predicted molar refractivity (Wildman–Crippen MR) is 43.9 cm³/mol. The van der Waals surface area contributed by atoms with Gasteiger partial charge in [0.15, 0.2) is 0 Å². The van der Waals surface area contributed by atoms with Crippen molar-refractivity contribution < 1.29 is 9.90 Å². The van der Waals surface area contributed by atoms with Gasteiger partial charge in [-0.2, -0.15) is 0 Å². The molecular weight excluding hydrogens is 142 g/mol. The van der Waals surface area contributed by atoms with Gasteiger partial charge in [0.1, 0.15) is 6.73 Å². The largest absolute Gasteiger partial charge is 0.376 e. The van der Waals surface area contributed by atoms with E-state index < -0.39 is 0 Å². The van der Waals surface area contributed by atoms with E-state index in [9.17, 15) is 4.79 Å². The summed E-state index contributed by atoms with van der Waals surface area (Å²) >= 11 is 0. The minimum atomic E-state index is -0.188. The van der Waals surface area contributed by atoms with Crippen LogP contribution in [0.4, 0.5) is 0 Å². The zero-order chi connectivity index (χ0) is 9.07. The standard InChI is InChI=1S/C8H17NO2/c1-7(11)9(6-10)5-8(2,3)4/h10H,5-6H2,1-4H3. The molecule has 0 aliphatic rings. The quantitative estimate of drug-likeness (QED) is 0.606. The van der Waals surface area contributed by atoms with Crippen LogP contribution in [0.2, 0.25) is 0 Å². The molecule has 0 rings (SSSR count). The Bertz CT molecular complexity index is 138. The van der Waals surface area contributed by atoms with Crippen molar-refractivity contribution in [3.05, 3.63) is 0 Å². The zero-order valence-electron chi connectivity index (χ0n) is 7.72. The molecule has 66 valence electrons. The van der Waals surface area contributed by atoms with Gasteiger partial charge in [0, 0.05) is 13.5 Å². The summed E-state index contributed by atoms with van der Waals surface area (Å²) in [5.74, 6) is -0.0811. The van der Waals surface area contributed by atoms with Gasteiger partial charge in [0.05, 0.1) is 0 Å². The lowest BCUT2D eigenvalue weighted by atomic mass is 9.96. The molecule has 0 spiro atoms. The summed E-state index contributed by atoms with van der Waals surface area (Å²) in [6, 6.07) is 0. The molecule has 0 aromatic carbocycles. The van der Waals surface area contributed by atoms with Gasteiger partial charge in [-0.15, -0.1) is 0 Å². The van der Waals surface area contributed by atoms with Gasteiger partial charge in [-0.05, 0) is 5.41 Å². The van der Waals surface area contributed by atoms with Crippen LogP contribution in [0.5, 0.6) is 0 Å². The van der Waals surface area contributed by atoms with Crippen LogP contribution in [0.25, 0.3) is 0 Å². The molecule has 0 radical (unpaired) electrons. The maximum Gasteiger partial charge on any atom is 0.221 e. The summed E-state index contributed by atoms with van der Waals surface area (Å²) in [7, 11) is 0. The van der Waals surface area contributed by atoms with E-state index in [0.29, 0.717) is 6.54 Å². The smallest absolute Gasteiger partial charge is 0.221 e. The first-order valence-electron chi connectivity index (χ1n) is 3.73. The van der Waals surface area contributed by atoms with Crippen LogP contribution in [-0.2, 0) is 4.79 Å². The van der Waals surface area contributed by atoms with Crippen LogP contribution >= 0.6 is 0 Å². The fourth-order valence-electron chi connectivity index (χ4n) is 0.833. The second-order valence-corrected chi connectivity index (χ2v) is 3.92. The summed E-state index contributed by atoms with van der Waals surface area (Å²) in [6.45, 7) is 7.95. The summed E-state index contributed by atoms with van der Waals surface area (Å²) < 4.78 is 0.